The molecule has 0 spiro atoms. The number of hydrogen-bond donors (Lipinski definition) is 2. The largest absolute Gasteiger partial charge is 0.477 e. The number of carbonyl (C=O) groups is 2. The minimum absolute atomic E-state index is 0.0337. The molecule has 0 heterocycles. The zero-order valence-electron chi connectivity index (χ0n) is 34.4. The number of rotatable bonds is 40. The summed E-state index contributed by atoms with van der Waals surface area (Å²) in [5.74, 6) is -1.65. The van der Waals surface area contributed by atoms with Crippen LogP contribution in [0.2, 0.25) is 0 Å². The topological polar surface area (TPSA) is 112 Å². The normalized spacial score (nSPS) is 12.5. The summed E-state index contributed by atoms with van der Waals surface area (Å²) in [6, 6.07) is 0. The second-order valence-corrected chi connectivity index (χ2v) is 16.5. The molecule has 51 heavy (non-hydrogen) atoms. The van der Waals surface area contributed by atoms with Crippen molar-refractivity contribution in [2.75, 3.05) is 107 Å². The molecule has 0 aliphatic rings. The molecule has 304 valence electrons. The summed E-state index contributed by atoms with van der Waals surface area (Å²) < 4.78 is 25.8. The Hall–Kier alpha value is -1.30. The van der Waals surface area contributed by atoms with E-state index in [1.165, 1.54) is 103 Å². The second kappa shape index (κ2) is 32.2. The van der Waals surface area contributed by atoms with Gasteiger partial charge in [0.05, 0.1) is 73.2 Å². The third kappa shape index (κ3) is 33.0. The molecule has 10 heteroatoms. The number of likely N-dealkylation sites (N-methyl/N-ethyl adjacent to an activating group) is 2. The summed E-state index contributed by atoms with van der Waals surface area (Å²) in [7, 11) is 7.60. The van der Waals surface area contributed by atoms with Gasteiger partial charge in [-0.05, 0) is 12.8 Å². The number of nitrogens with zero attached hydrogens (tertiary/aromatic N) is 2. The van der Waals surface area contributed by atoms with Gasteiger partial charge in [0.1, 0.15) is 13.1 Å². The Balaban J connectivity index is 5.17. The first-order valence-electron chi connectivity index (χ1n) is 20.8. The van der Waals surface area contributed by atoms with Crippen LogP contribution in [-0.2, 0) is 28.5 Å². The number of unbranched alkanes of at least 4 members (excludes halogenated alkanes) is 18. The van der Waals surface area contributed by atoms with Crippen LogP contribution in [0.15, 0.2) is 0 Å². The molecule has 0 atom stereocenters. The summed E-state index contributed by atoms with van der Waals surface area (Å²) in [6.07, 6.45) is 25.5. The predicted molar refractivity (Wildman–Crippen MR) is 208 cm³/mol. The summed E-state index contributed by atoms with van der Waals surface area (Å²) >= 11 is 0. The molecule has 0 saturated carbocycles. The Kier molecular flexibility index (Phi) is 31.3. The number of carboxylic acids is 2. The Morgan fingerprint density at radius 3 is 0.961 bits per heavy atom. The first kappa shape index (κ1) is 49.7. The fraction of sp³-hybridized carbons (Fsp3) is 0.951. The van der Waals surface area contributed by atoms with Gasteiger partial charge < -0.3 is 38.1 Å². The van der Waals surface area contributed by atoms with E-state index in [2.05, 4.69) is 13.8 Å². The van der Waals surface area contributed by atoms with Crippen LogP contribution in [-0.4, -0.2) is 138 Å². The van der Waals surface area contributed by atoms with Gasteiger partial charge in [0.15, 0.2) is 13.1 Å². The van der Waals surface area contributed by atoms with E-state index in [0.29, 0.717) is 74.9 Å². The fourth-order valence-corrected chi connectivity index (χ4v) is 6.30. The Labute approximate surface area is 314 Å². The van der Waals surface area contributed by atoms with E-state index in [4.69, 9.17) is 18.9 Å². The highest BCUT2D eigenvalue weighted by Gasteiger charge is 2.33. The van der Waals surface area contributed by atoms with E-state index in [1.54, 1.807) is 0 Å². The lowest BCUT2D eigenvalue weighted by molar-refractivity contribution is -0.883. The van der Waals surface area contributed by atoms with Crippen molar-refractivity contribution in [3.05, 3.63) is 0 Å². The van der Waals surface area contributed by atoms with Gasteiger partial charge in [-0.1, -0.05) is 129 Å². The van der Waals surface area contributed by atoms with Gasteiger partial charge in [0.25, 0.3) is 0 Å². The Morgan fingerprint density at radius 1 is 0.431 bits per heavy atom. The molecular formula is C41H84N2O8+2. The zero-order chi connectivity index (χ0) is 38.1. The summed E-state index contributed by atoms with van der Waals surface area (Å²) in [6.45, 7) is 9.58. The van der Waals surface area contributed by atoms with Crippen LogP contribution < -0.4 is 0 Å². The molecule has 0 fully saturated rings. The summed E-state index contributed by atoms with van der Waals surface area (Å²) in [4.78, 5) is 22.7. The van der Waals surface area contributed by atoms with E-state index in [0.717, 1.165) is 25.7 Å². The molecule has 0 aliphatic heterocycles. The maximum Gasteiger partial charge on any atom is 0.359 e. The Bertz CT molecular complexity index is 757. The maximum absolute atomic E-state index is 11.3. The van der Waals surface area contributed by atoms with Gasteiger partial charge in [0, 0.05) is 13.2 Å². The van der Waals surface area contributed by atoms with Gasteiger partial charge in [-0.15, -0.1) is 0 Å². The molecule has 0 unspecified atom stereocenters. The van der Waals surface area contributed by atoms with Gasteiger partial charge in [-0.2, -0.15) is 0 Å². The lowest BCUT2D eigenvalue weighted by atomic mass is 9.92. The average Bonchev–Trinajstić information content (AvgIpc) is 3.05. The molecule has 0 aromatic carbocycles. The average molecular weight is 733 g/mol. The van der Waals surface area contributed by atoms with Crippen molar-refractivity contribution < 1.29 is 47.7 Å². The highest BCUT2D eigenvalue weighted by atomic mass is 16.5. The molecule has 0 amide bonds. The van der Waals surface area contributed by atoms with Crippen molar-refractivity contribution in [3.63, 3.8) is 0 Å². The van der Waals surface area contributed by atoms with Crippen LogP contribution in [0.4, 0.5) is 0 Å². The van der Waals surface area contributed by atoms with Gasteiger partial charge in [-0.25, -0.2) is 9.59 Å². The number of ether oxygens (including phenoxy) is 4. The van der Waals surface area contributed by atoms with E-state index in [9.17, 15) is 19.8 Å². The third-order valence-electron chi connectivity index (χ3n) is 9.73. The van der Waals surface area contributed by atoms with Crippen LogP contribution in [0.3, 0.4) is 0 Å². The predicted octanol–water partition coefficient (Wildman–Crippen LogP) is 8.20. The quantitative estimate of drug-likeness (QED) is 0.0479. The van der Waals surface area contributed by atoms with Gasteiger partial charge in [0.2, 0.25) is 0 Å². The molecule has 0 aliphatic carbocycles. The van der Waals surface area contributed by atoms with Gasteiger partial charge in [-0.3, -0.25) is 0 Å². The highest BCUT2D eigenvalue weighted by Crippen LogP contribution is 2.22. The highest BCUT2D eigenvalue weighted by molar-refractivity contribution is 5.68. The minimum Gasteiger partial charge on any atom is -0.477 e. The van der Waals surface area contributed by atoms with Crippen LogP contribution in [0, 0.1) is 5.41 Å². The van der Waals surface area contributed by atoms with Gasteiger partial charge >= 0.3 is 11.9 Å². The monoisotopic (exact) mass is 733 g/mol. The first-order chi connectivity index (χ1) is 24.4. The molecule has 0 saturated heterocycles. The van der Waals surface area contributed by atoms with Crippen LogP contribution in [0.5, 0.6) is 0 Å². The standard InChI is InChI=1S/C41H82N2O8/c1-7-9-11-13-15-17-19-21-23-25-29-48-35-41(37-50-31-27-42(3,4)33-39(44)45,38-51-32-28-43(5,6)34-40(46)47)36-49-30-26-24-22-20-18-16-14-12-10-8-2/h7-38H2,1-6H3/p+2. The van der Waals surface area contributed by atoms with Crippen molar-refractivity contribution in [3.8, 4) is 0 Å². The van der Waals surface area contributed by atoms with Crippen molar-refractivity contribution in [1.29, 1.82) is 0 Å². The lowest BCUT2D eigenvalue weighted by Crippen LogP contribution is -2.48. The van der Waals surface area contributed by atoms with Crippen LogP contribution >= 0.6 is 0 Å². The van der Waals surface area contributed by atoms with Crippen molar-refractivity contribution in [2.24, 2.45) is 5.41 Å². The molecule has 0 bridgehead atoms. The zero-order valence-corrected chi connectivity index (χ0v) is 34.4. The van der Waals surface area contributed by atoms with Crippen molar-refractivity contribution >= 4 is 11.9 Å². The first-order valence-corrected chi connectivity index (χ1v) is 20.8. The third-order valence-corrected chi connectivity index (χ3v) is 9.73. The number of hydrogen-bond acceptors (Lipinski definition) is 6. The van der Waals surface area contributed by atoms with E-state index < -0.39 is 17.4 Å². The van der Waals surface area contributed by atoms with Crippen molar-refractivity contribution in [1.82, 2.24) is 0 Å². The molecule has 0 aromatic heterocycles. The molecule has 10 nitrogen and oxygen atoms in total. The van der Waals surface area contributed by atoms with E-state index in [1.807, 2.05) is 28.2 Å². The number of quaternary nitrogens is 2. The Morgan fingerprint density at radius 2 is 0.686 bits per heavy atom. The SMILES string of the molecule is CCCCCCCCCCCCOCC(COCCCCCCCCCCCC)(COCC[N+](C)(C)CC(=O)O)COCC[N+](C)(C)CC(=O)O. The summed E-state index contributed by atoms with van der Waals surface area (Å²) in [5, 5.41) is 18.6. The number of aliphatic carboxylic acids is 2. The molecule has 0 radical (unpaired) electrons. The maximum atomic E-state index is 11.3. The summed E-state index contributed by atoms with van der Waals surface area (Å²) in [5.41, 5.74) is -0.523. The molecule has 0 rings (SSSR count). The lowest BCUT2D eigenvalue weighted by Gasteiger charge is -2.34. The van der Waals surface area contributed by atoms with E-state index in [-0.39, 0.29) is 13.1 Å². The fourth-order valence-electron chi connectivity index (χ4n) is 6.30. The second-order valence-electron chi connectivity index (χ2n) is 16.5. The number of carboxylic acid groups (broad SMARTS) is 2. The molecule has 0 aromatic rings. The molecule has 2 N–H and O–H groups in total. The minimum atomic E-state index is -0.826. The smallest absolute Gasteiger partial charge is 0.359 e. The van der Waals surface area contributed by atoms with E-state index >= 15 is 0 Å². The van der Waals surface area contributed by atoms with Crippen LogP contribution in [0.1, 0.15) is 142 Å². The van der Waals surface area contributed by atoms with Crippen molar-refractivity contribution in [2.45, 2.75) is 142 Å². The molecular weight excluding hydrogens is 648 g/mol. The van der Waals surface area contributed by atoms with Crippen LogP contribution in [0.25, 0.3) is 0 Å².